The second kappa shape index (κ2) is 9.00. The highest BCUT2D eigenvalue weighted by Gasteiger charge is 2.10. The van der Waals surface area contributed by atoms with Gasteiger partial charge < -0.3 is 15.4 Å². The van der Waals surface area contributed by atoms with Gasteiger partial charge in [0.1, 0.15) is 0 Å². The Morgan fingerprint density at radius 2 is 1.81 bits per heavy atom. The van der Waals surface area contributed by atoms with E-state index in [0.29, 0.717) is 19.7 Å². The van der Waals surface area contributed by atoms with E-state index in [2.05, 4.69) is 15.4 Å². The van der Waals surface area contributed by atoms with E-state index in [4.69, 9.17) is 0 Å². The summed E-state index contributed by atoms with van der Waals surface area (Å²) in [4.78, 5) is 22.3. The largest absolute Gasteiger partial charge is 0.450 e. The van der Waals surface area contributed by atoms with E-state index in [-0.39, 0.29) is 11.8 Å². The summed E-state index contributed by atoms with van der Waals surface area (Å²) in [5, 5.41) is 5.29. The van der Waals surface area contributed by atoms with E-state index in [0.717, 1.165) is 12.8 Å². The van der Waals surface area contributed by atoms with Crippen molar-refractivity contribution in [3.8, 4) is 0 Å². The van der Waals surface area contributed by atoms with Gasteiger partial charge in [0.25, 0.3) is 0 Å². The quantitative estimate of drug-likeness (QED) is 0.647. The molecule has 0 aliphatic carbocycles. The molecule has 0 aromatic rings. The van der Waals surface area contributed by atoms with Crippen LogP contribution in [0, 0.1) is 5.92 Å². The summed E-state index contributed by atoms with van der Waals surface area (Å²) in [5.41, 5.74) is 0. The Balaban J connectivity index is 3.51. The van der Waals surface area contributed by atoms with Gasteiger partial charge in [0.15, 0.2) is 0 Å². The summed E-state index contributed by atoms with van der Waals surface area (Å²) in [5.74, 6) is 0.0695. The van der Waals surface area contributed by atoms with Crippen molar-refractivity contribution in [1.82, 2.24) is 10.6 Å². The maximum absolute atomic E-state index is 11.4. The summed E-state index contributed by atoms with van der Waals surface area (Å²) >= 11 is 0. The predicted molar refractivity (Wildman–Crippen MR) is 62.1 cm³/mol. The van der Waals surface area contributed by atoms with Crippen molar-refractivity contribution in [2.45, 2.75) is 33.6 Å². The van der Waals surface area contributed by atoms with Crippen molar-refractivity contribution in [1.29, 1.82) is 0 Å². The number of carbonyl (C=O) groups is 2. The van der Waals surface area contributed by atoms with Crippen LogP contribution >= 0.6 is 0 Å². The SMILES string of the molecule is CCCC(C)C(=O)NCCNC(=O)OCC. The first-order valence-corrected chi connectivity index (χ1v) is 5.80. The van der Waals surface area contributed by atoms with Crippen LogP contribution in [0.4, 0.5) is 4.79 Å². The van der Waals surface area contributed by atoms with Gasteiger partial charge in [-0.05, 0) is 13.3 Å². The number of hydrogen-bond donors (Lipinski definition) is 2. The van der Waals surface area contributed by atoms with E-state index in [1.165, 1.54) is 0 Å². The Kier molecular flexibility index (Phi) is 8.29. The molecule has 0 heterocycles. The summed E-state index contributed by atoms with van der Waals surface area (Å²) < 4.78 is 4.67. The van der Waals surface area contributed by atoms with Crippen LogP contribution < -0.4 is 10.6 Å². The number of ether oxygens (including phenoxy) is 1. The Labute approximate surface area is 96.9 Å². The average molecular weight is 230 g/mol. The third-order valence-electron chi connectivity index (χ3n) is 2.14. The molecule has 2 N–H and O–H groups in total. The van der Waals surface area contributed by atoms with Crippen molar-refractivity contribution in [3.63, 3.8) is 0 Å². The van der Waals surface area contributed by atoms with E-state index >= 15 is 0 Å². The van der Waals surface area contributed by atoms with Gasteiger partial charge in [-0.15, -0.1) is 0 Å². The number of carbonyl (C=O) groups excluding carboxylic acids is 2. The lowest BCUT2D eigenvalue weighted by molar-refractivity contribution is -0.124. The highest BCUT2D eigenvalue weighted by Crippen LogP contribution is 2.03. The molecular formula is C11H22N2O3. The Morgan fingerprint density at radius 3 is 2.38 bits per heavy atom. The molecule has 0 aliphatic rings. The molecule has 94 valence electrons. The van der Waals surface area contributed by atoms with Crippen LogP contribution in [0.3, 0.4) is 0 Å². The molecule has 1 unspecified atom stereocenters. The zero-order valence-electron chi connectivity index (χ0n) is 10.3. The Morgan fingerprint density at radius 1 is 1.19 bits per heavy atom. The Hall–Kier alpha value is -1.26. The van der Waals surface area contributed by atoms with Crippen LogP contribution in [0.25, 0.3) is 0 Å². The van der Waals surface area contributed by atoms with Gasteiger partial charge >= 0.3 is 6.09 Å². The minimum Gasteiger partial charge on any atom is -0.450 e. The van der Waals surface area contributed by atoms with E-state index in [9.17, 15) is 9.59 Å². The van der Waals surface area contributed by atoms with Gasteiger partial charge in [-0.1, -0.05) is 20.3 Å². The summed E-state index contributed by atoms with van der Waals surface area (Å²) in [6, 6.07) is 0. The lowest BCUT2D eigenvalue weighted by atomic mass is 10.1. The summed E-state index contributed by atoms with van der Waals surface area (Å²) in [6.45, 7) is 6.87. The molecular weight excluding hydrogens is 208 g/mol. The normalized spacial score (nSPS) is 11.7. The molecule has 5 heteroatoms. The number of nitrogens with one attached hydrogen (secondary N) is 2. The molecule has 5 nitrogen and oxygen atoms in total. The summed E-state index contributed by atoms with van der Waals surface area (Å²) in [7, 11) is 0. The summed E-state index contributed by atoms with van der Waals surface area (Å²) in [6.07, 6.45) is 1.44. The van der Waals surface area contributed by atoms with Crippen LogP contribution in [0.1, 0.15) is 33.6 Å². The lowest BCUT2D eigenvalue weighted by Gasteiger charge is -2.11. The standard InChI is InChI=1S/C11H22N2O3/c1-4-6-9(3)10(14)12-7-8-13-11(15)16-5-2/h9H,4-8H2,1-3H3,(H,12,14)(H,13,15). The van der Waals surface area contributed by atoms with Crippen molar-refractivity contribution in [2.24, 2.45) is 5.92 Å². The first-order chi connectivity index (χ1) is 7.61. The van der Waals surface area contributed by atoms with Crippen LogP contribution in [-0.2, 0) is 9.53 Å². The van der Waals surface area contributed by atoms with Crippen LogP contribution in [-0.4, -0.2) is 31.7 Å². The predicted octanol–water partition coefficient (Wildman–Crippen LogP) is 1.28. The van der Waals surface area contributed by atoms with Gasteiger partial charge in [-0.2, -0.15) is 0 Å². The maximum atomic E-state index is 11.4. The maximum Gasteiger partial charge on any atom is 0.407 e. The Bertz CT molecular complexity index is 219. The zero-order valence-corrected chi connectivity index (χ0v) is 10.3. The number of hydrogen-bond acceptors (Lipinski definition) is 3. The molecule has 0 fully saturated rings. The number of alkyl carbamates (subject to hydrolysis) is 1. The molecule has 0 saturated carbocycles. The van der Waals surface area contributed by atoms with Crippen LogP contribution in [0.2, 0.25) is 0 Å². The highest BCUT2D eigenvalue weighted by atomic mass is 16.5. The number of amides is 2. The van der Waals surface area contributed by atoms with Crippen molar-refractivity contribution in [2.75, 3.05) is 19.7 Å². The topological polar surface area (TPSA) is 67.4 Å². The fraction of sp³-hybridized carbons (Fsp3) is 0.818. The minimum atomic E-state index is -0.446. The molecule has 0 aromatic carbocycles. The lowest BCUT2D eigenvalue weighted by Crippen LogP contribution is -2.37. The van der Waals surface area contributed by atoms with Crippen LogP contribution in [0.5, 0.6) is 0 Å². The van der Waals surface area contributed by atoms with E-state index in [1.807, 2.05) is 13.8 Å². The van der Waals surface area contributed by atoms with Crippen molar-refractivity contribution >= 4 is 12.0 Å². The average Bonchev–Trinajstić information content (AvgIpc) is 2.24. The zero-order chi connectivity index (χ0) is 12.4. The fourth-order valence-corrected chi connectivity index (χ4v) is 1.27. The van der Waals surface area contributed by atoms with Gasteiger partial charge in [-0.25, -0.2) is 4.79 Å². The fourth-order valence-electron chi connectivity index (χ4n) is 1.27. The van der Waals surface area contributed by atoms with E-state index in [1.54, 1.807) is 6.92 Å². The molecule has 0 spiro atoms. The third kappa shape index (κ3) is 7.09. The van der Waals surface area contributed by atoms with E-state index < -0.39 is 6.09 Å². The molecule has 16 heavy (non-hydrogen) atoms. The van der Waals surface area contributed by atoms with Gasteiger partial charge in [0.2, 0.25) is 5.91 Å². The molecule has 0 aliphatic heterocycles. The molecule has 0 rings (SSSR count). The molecule has 0 bridgehead atoms. The molecule has 0 aromatic heterocycles. The first kappa shape index (κ1) is 14.7. The smallest absolute Gasteiger partial charge is 0.407 e. The van der Waals surface area contributed by atoms with Gasteiger partial charge in [0.05, 0.1) is 6.61 Å². The van der Waals surface area contributed by atoms with Crippen molar-refractivity contribution in [3.05, 3.63) is 0 Å². The van der Waals surface area contributed by atoms with Gasteiger partial charge in [-0.3, -0.25) is 4.79 Å². The second-order valence-corrected chi connectivity index (χ2v) is 3.63. The van der Waals surface area contributed by atoms with Crippen molar-refractivity contribution < 1.29 is 14.3 Å². The monoisotopic (exact) mass is 230 g/mol. The number of rotatable bonds is 7. The van der Waals surface area contributed by atoms with Crippen LogP contribution in [0.15, 0.2) is 0 Å². The minimum absolute atomic E-state index is 0.0347. The molecule has 1 atom stereocenters. The highest BCUT2D eigenvalue weighted by molar-refractivity contribution is 5.78. The van der Waals surface area contributed by atoms with Gasteiger partial charge in [0, 0.05) is 19.0 Å². The third-order valence-corrected chi connectivity index (χ3v) is 2.14. The second-order valence-electron chi connectivity index (χ2n) is 3.63. The molecule has 0 saturated heterocycles. The molecule has 2 amide bonds. The molecule has 0 radical (unpaired) electrons. The first-order valence-electron chi connectivity index (χ1n) is 5.80.